The van der Waals surface area contributed by atoms with E-state index in [0.717, 1.165) is 109 Å². The molecule has 0 aliphatic rings. The minimum Gasteiger partial charge on any atom is -0.462 e. The highest BCUT2D eigenvalue weighted by Gasteiger charge is 2.19. The number of carbonyl (C=O) groups excluding carboxylic acids is 3. The van der Waals surface area contributed by atoms with Crippen LogP contribution < -0.4 is 0 Å². The summed E-state index contributed by atoms with van der Waals surface area (Å²) in [6.45, 7) is 6.25. The summed E-state index contributed by atoms with van der Waals surface area (Å²) in [6.07, 6.45) is 67.5. The molecule has 0 bridgehead atoms. The number of hydrogen-bond donors (Lipinski definition) is 0. The van der Waals surface area contributed by atoms with Crippen LogP contribution in [0.15, 0.2) is 122 Å². The molecule has 6 heteroatoms. The third-order valence-corrected chi connectivity index (χ3v) is 9.90. The van der Waals surface area contributed by atoms with E-state index in [1.165, 1.54) is 44.9 Å². The van der Waals surface area contributed by atoms with Crippen molar-refractivity contribution in [3.05, 3.63) is 122 Å². The molecule has 1 atom stereocenters. The smallest absolute Gasteiger partial charge is 0.306 e. The summed E-state index contributed by atoms with van der Waals surface area (Å²) < 4.78 is 16.7. The highest BCUT2D eigenvalue weighted by atomic mass is 16.6. The summed E-state index contributed by atoms with van der Waals surface area (Å²) >= 11 is 0. The zero-order valence-corrected chi connectivity index (χ0v) is 39.6. The molecule has 0 heterocycles. The maximum atomic E-state index is 12.8. The number of unbranched alkanes of at least 4 members (excludes halogenated alkanes) is 18. The Labute approximate surface area is 380 Å². The summed E-state index contributed by atoms with van der Waals surface area (Å²) in [5.41, 5.74) is 0. The average Bonchev–Trinajstić information content (AvgIpc) is 3.27. The molecule has 0 spiro atoms. The van der Waals surface area contributed by atoms with Gasteiger partial charge in [-0.15, -0.1) is 0 Å². The van der Waals surface area contributed by atoms with Gasteiger partial charge in [0.2, 0.25) is 0 Å². The van der Waals surface area contributed by atoms with Gasteiger partial charge in [-0.3, -0.25) is 14.4 Å². The van der Waals surface area contributed by atoms with E-state index in [1.54, 1.807) is 0 Å². The lowest BCUT2D eigenvalue weighted by atomic mass is 10.1. The van der Waals surface area contributed by atoms with Crippen molar-refractivity contribution in [1.82, 2.24) is 0 Å². The maximum Gasteiger partial charge on any atom is 0.306 e. The summed E-state index contributed by atoms with van der Waals surface area (Å²) in [7, 11) is 0. The van der Waals surface area contributed by atoms with Crippen molar-refractivity contribution >= 4 is 17.9 Å². The normalized spacial score (nSPS) is 13.1. The van der Waals surface area contributed by atoms with E-state index in [2.05, 4.69) is 81.5 Å². The second kappa shape index (κ2) is 49.5. The fourth-order valence-corrected chi connectivity index (χ4v) is 6.22. The van der Waals surface area contributed by atoms with Gasteiger partial charge in [-0.25, -0.2) is 0 Å². The number of allylic oxidation sites excluding steroid dienone is 20. The Bertz CT molecular complexity index is 1350. The van der Waals surface area contributed by atoms with Crippen LogP contribution in [0.3, 0.4) is 0 Å². The molecule has 0 aliphatic heterocycles. The molecule has 0 saturated heterocycles. The molecule has 0 saturated carbocycles. The monoisotopic (exact) mass is 857 g/mol. The fourth-order valence-electron chi connectivity index (χ4n) is 6.22. The van der Waals surface area contributed by atoms with Crippen LogP contribution in [0.25, 0.3) is 0 Å². The van der Waals surface area contributed by atoms with Gasteiger partial charge in [-0.05, 0) is 83.5 Å². The van der Waals surface area contributed by atoms with Gasteiger partial charge in [0.1, 0.15) is 13.2 Å². The molecule has 0 aromatic heterocycles. The first kappa shape index (κ1) is 57.8. The van der Waals surface area contributed by atoms with Gasteiger partial charge in [-0.2, -0.15) is 0 Å². The van der Waals surface area contributed by atoms with Crippen LogP contribution in [0, 0.1) is 0 Å². The third kappa shape index (κ3) is 46.9. The minimum absolute atomic E-state index is 0.118. The molecule has 348 valence electrons. The topological polar surface area (TPSA) is 78.9 Å². The van der Waals surface area contributed by atoms with Gasteiger partial charge in [0, 0.05) is 19.3 Å². The Morgan fingerprint density at radius 2 is 0.629 bits per heavy atom. The van der Waals surface area contributed by atoms with Crippen LogP contribution in [0.5, 0.6) is 0 Å². The predicted molar refractivity (Wildman–Crippen MR) is 265 cm³/mol. The van der Waals surface area contributed by atoms with E-state index in [1.807, 2.05) is 60.8 Å². The van der Waals surface area contributed by atoms with Gasteiger partial charge in [0.15, 0.2) is 6.10 Å². The van der Waals surface area contributed by atoms with Gasteiger partial charge < -0.3 is 14.2 Å². The molecule has 6 nitrogen and oxygen atoms in total. The largest absolute Gasteiger partial charge is 0.462 e. The van der Waals surface area contributed by atoms with E-state index in [0.29, 0.717) is 12.8 Å². The first-order valence-corrected chi connectivity index (χ1v) is 24.7. The summed E-state index contributed by atoms with van der Waals surface area (Å²) in [6, 6.07) is 0. The number of ether oxygens (including phenoxy) is 3. The molecule has 0 rings (SSSR count). The Morgan fingerprint density at radius 3 is 1.02 bits per heavy atom. The second-order valence-corrected chi connectivity index (χ2v) is 15.8. The van der Waals surface area contributed by atoms with Crippen molar-refractivity contribution in [3.63, 3.8) is 0 Å². The molecule has 1 unspecified atom stereocenters. The standard InChI is InChI=1S/C56H88O6/c1-4-7-10-13-16-19-22-25-27-29-31-34-37-40-43-46-49-55(58)61-52-53(51-60-54(57)48-45-42-39-36-33-30-24-21-18-15-12-9-6-3)62-56(59)50-47-44-41-38-35-32-28-26-23-20-17-14-11-8-5-2/h8-9,11-12,14-15,17-18,20-21,23-24,26-31,33-34,53H,4-7,10,13,16,19,22,25,32,35-52H2,1-3H3/b11-8+,12-9+,17-14+,18-15+,23-20+,24-21+,28-26+,29-27+,33-30+,34-31+. The second-order valence-electron chi connectivity index (χ2n) is 15.8. The number of rotatable bonds is 42. The van der Waals surface area contributed by atoms with Crippen LogP contribution in [-0.2, 0) is 28.6 Å². The quantitative estimate of drug-likeness (QED) is 0.0263. The Kier molecular flexibility index (Phi) is 46.1. The molecule has 0 amide bonds. The lowest BCUT2D eigenvalue weighted by Crippen LogP contribution is -2.30. The molecule has 0 N–H and O–H groups in total. The zero-order chi connectivity index (χ0) is 45.1. The summed E-state index contributed by atoms with van der Waals surface area (Å²) in [5.74, 6) is -1.02. The van der Waals surface area contributed by atoms with Gasteiger partial charge in [0.25, 0.3) is 0 Å². The molecule has 0 radical (unpaired) electrons. The Hall–Kier alpha value is -4.19. The van der Waals surface area contributed by atoms with Crippen molar-refractivity contribution in [1.29, 1.82) is 0 Å². The van der Waals surface area contributed by atoms with E-state index < -0.39 is 6.10 Å². The van der Waals surface area contributed by atoms with Crippen molar-refractivity contribution in [2.45, 2.75) is 200 Å². The summed E-state index contributed by atoms with van der Waals surface area (Å²) in [5, 5.41) is 0. The third-order valence-electron chi connectivity index (χ3n) is 9.90. The SMILES string of the molecule is CC/C=C/C=C/C=C/C=C/CCCCCCCC(=O)OC(COC(=O)CCCCC/C=C/C=C/C=C/C=C/CC)COC(=O)CCCCC/C=C/C=C/CCCCCCCCC. The van der Waals surface area contributed by atoms with Crippen LogP contribution in [-0.4, -0.2) is 37.2 Å². The highest BCUT2D eigenvalue weighted by molar-refractivity contribution is 5.71. The summed E-state index contributed by atoms with van der Waals surface area (Å²) in [4.78, 5) is 37.9. The zero-order valence-electron chi connectivity index (χ0n) is 39.6. The number of esters is 3. The molecular formula is C56H88O6. The van der Waals surface area contributed by atoms with Crippen molar-refractivity contribution < 1.29 is 28.6 Å². The van der Waals surface area contributed by atoms with Crippen molar-refractivity contribution in [2.75, 3.05) is 13.2 Å². The molecule has 62 heavy (non-hydrogen) atoms. The van der Waals surface area contributed by atoms with Gasteiger partial charge in [0.05, 0.1) is 0 Å². The van der Waals surface area contributed by atoms with E-state index in [-0.39, 0.29) is 37.5 Å². The van der Waals surface area contributed by atoms with Crippen LogP contribution >= 0.6 is 0 Å². The van der Waals surface area contributed by atoms with E-state index >= 15 is 0 Å². The Morgan fingerprint density at radius 1 is 0.339 bits per heavy atom. The molecule has 0 aliphatic carbocycles. The Balaban J connectivity index is 4.56. The molecule has 0 aromatic rings. The molecule has 0 aromatic carbocycles. The first-order valence-electron chi connectivity index (χ1n) is 24.7. The molecular weight excluding hydrogens is 769 g/mol. The molecule has 0 fully saturated rings. The van der Waals surface area contributed by atoms with Crippen LogP contribution in [0.1, 0.15) is 194 Å². The lowest BCUT2D eigenvalue weighted by Gasteiger charge is -2.18. The van der Waals surface area contributed by atoms with Crippen molar-refractivity contribution in [3.8, 4) is 0 Å². The van der Waals surface area contributed by atoms with Crippen LogP contribution in [0.2, 0.25) is 0 Å². The number of carbonyl (C=O) groups is 3. The van der Waals surface area contributed by atoms with Crippen LogP contribution in [0.4, 0.5) is 0 Å². The minimum atomic E-state index is -0.820. The van der Waals surface area contributed by atoms with Gasteiger partial charge >= 0.3 is 17.9 Å². The van der Waals surface area contributed by atoms with Gasteiger partial charge in [-0.1, -0.05) is 213 Å². The fraction of sp³-hybridized carbons (Fsp3) is 0.589. The first-order chi connectivity index (χ1) is 30.5. The predicted octanol–water partition coefficient (Wildman–Crippen LogP) is 16.1. The maximum absolute atomic E-state index is 12.8. The number of hydrogen-bond acceptors (Lipinski definition) is 6. The van der Waals surface area contributed by atoms with Crippen molar-refractivity contribution in [2.24, 2.45) is 0 Å². The lowest BCUT2D eigenvalue weighted by molar-refractivity contribution is -0.167. The average molecular weight is 857 g/mol. The van der Waals surface area contributed by atoms with E-state index in [4.69, 9.17) is 14.2 Å². The van der Waals surface area contributed by atoms with E-state index in [9.17, 15) is 14.4 Å². The highest BCUT2D eigenvalue weighted by Crippen LogP contribution is 2.12.